The van der Waals surface area contributed by atoms with Gasteiger partial charge in [-0.1, -0.05) is 42.5 Å². The third kappa shape index (κ3) is 4.05. The quantitative estimate of drug-likeness (QED) is 0.516. The van der Waals surface area contributed by atoms with Crippen LogP contribution in [0.25, 0.3) is 11.5 Å². The molecule has 0 aliphatic rings. The molecule has 1 amide bonds. The molecule has 6 nitrogen and oxygen atoms in total. The Morgan fingerprint density at radius 1 is 1.00 bits per heavy atom. The summed E-state index contributed by atoms with van der Waals surface area (Å²) in [5.41, 5.74) is 1.30. The minimum absolute atomic E-state index is 0.0789. The number of carbonyl (C=O) groups excluding carboxylic acids is 1. The zero-order chi connectivity index (χ0) is 20.9. The molecule has 0 aliphatic carbocycles. The van der Waals surface area contributed by atoms with E-state index >= 15 is 0 Å². The van der Waals surface area contributed by atoms with E-state index in [2.05, 4.69) is 15.5 Å². The van der Waals surface area contributed by atoms with E-state index < -0.39 is 17.8 Å². The number of nitrogens with zero attached hydrogens (tertiary/aromatic N) is 2. The number of aromatic nitrogens is 2. The van der Waals surface area contributed by atoms with Crippen LogP contribution in [0.4, 0.5) is 4.39 Å². The number of ether oxygens (including phenoxy) is 1. The second kappa shape index (κ2) is 8.57. The van der Waals surface area contributed by atoms with Gasteiger partial charge in [-0.15, -0.1) is 10.2 Å². The number of hydrogen-bond donors (Lipinski definition) is 1. The number of hydrogen-bond acceptors (Lipinski definition) is 5. The Balaban J connectivity index is 1.70. The monoisotopic (exact) mass is 403 g/mol. The summed E-state index contributed by atoms with van der Waals surface area (Å²) in [6, 6.07) is 21.0. The molecule has 30 heavy (non-hydrogen) atoms. The predicted octanol–water partition coefficient (Wildman–Crippen LogP) is 4.40. The molecule has 4 rings (SSSR count). The minimum Gasteiger partial charge on any atom is -0.497 e. The lowest BCUT2D eigenvalue weighted by Crippen LogP contribution is -2.30. The van der Waals surface area contributed by atoms with E-state index in [1.807, 2.05) is 30.3 Å². The van der Waals surface area contributed by atoms with Crippen molar-refractivity contribution in [2.24, 2.45) is 0 Å². The van der Waals surface area contributed by atoms with E-state index in [1.54, 1.807) is 42.5 Å². The van der Waals surface area contributed by atoms with Crippen molar-refractivity contribution < 1.29 is 18.3 Å². The number of nitrogens with one attached hydrogen (secondary N) is 1. The van der Waals surface area contributed by atoms with Crippen LogP contribution in [0.15, 0.2) is 83.3 Å². The summed E-state index contributed by atoms with van der Waals surface area (Å²) in [5, 5.41) is 10.9. The van der Waals surface area contributed by atoms with Crippen LogP contribution in [0.2, 0.25) is 0 Å². The molecular weight excluding hydrogens is 385 g/mol. The molecule has 7 heteroatoms. The van der Waals surface area contributed by atoms with E-state index in [9.17, 15) is 9.18 Å². The van der Waals surface area contributed by atoms with Crippen LogP contribution >= 0.6 is 0 Å². The van der Waals surface area contributed by atoms with Gasteiger partial charge in [0.05, 0.1) is 7.11 Å². The van der Waals surface area contributed by atoms with Gasteiger partial charge in [0, 0.05) is 16.7 Å². The molecule has 0 spiro atoms. The summed E-state index contributed by atoms with van der Waals surface area (Å²) in [5.74, 6) is -0.0264. The normalized spacial score (nSPS) is 11.7. The molecule has 1 N–H and O–H groups in total. The molecule has 1 aromatic heterocycles. The van der Waals surface area contributed by atoms with Crippen LogP contribution < -0.4 is 10.1 Å². The van der Waals surface area contributed by atoms with Gasteiger partial charge in [-0.25, -0.2) is 4.39 Å². The molecule has 0 aliphatic heterocycles. The van der Waals surface area contributed by atoms with Gasteiger partial charge in [0.25, 0.3) is 5.91 Å². The molecular formula is C23H18FN3O3. The topological polar surface area (TPSA) is 77.2 Å². The number of methoxy groups -OCH3 is 1. The summed E-state index contributed by atoms with van der Waals surface area (Å²) < 4.78 is 25.5. The van der Waals surface area contributed by atoms with Gasteiger partial charge in [-0.05, 0) is 36.4 Å². The smallest absolute Gasteiger partial charge is 0.252 e. The highest BCUT2D eigenvalue weighted by molar-refractivity contribution is 5.95. The van der Waals surface area contributed by atoms with Crippen molar-refractivity contribution in [1.29, 1.82) is 0 Å². The fourth-order valence-electron chi connectivity index (χ4n) is 3.01. The summed E-state index contributed by atoms with van der Waals surface area (Å²) in [7, 11) is 1.52. The zero-order valence-electron chi connectivity index (χ0n) is 16.1. The lowest BCUT2D eigenvalue weighted by Gasteiger charge is -2.16. The molecule has 4 aromatic rings. The Labute approximate surface area is 172 Å². The molecule has 1 atom stereocenters. The lowest BCUT2D eigenvalue weighted by atomic mass is 10.1. The molecule has 0 saturated heterocycles. The summed E-state index contributed by atoms with van der Waals surface area (Å²) >= 11 is 0. The fraction of sp³-hybridized carbons (Fsp3) is 0.0870. The average molecular weight is 403 g/mol. The third-order valence-corrected chi connectivity index (χ3v) is 4.53. The molecule has 0 fully saturated rings. The highest BCUT2D eigenvalue weighted by atomic mass is 19.1. The van der Waals surface area contributed by atoms with Gasteiger partial charge in [0.15, 0.2) is 0 Å². The molecule has 0 unspecified atom stereocenters. The Morgan fingerprint density at radius 3 is 2.53 bits per heavy atom. The van der Waals surface area contributed by atoms with Gasteiger partial charge < -0.3 is 14.5 Å². The zero-order valence-corrected chi connectivity index (χ0v) is 16.1. The first-order chi connectivity index (χ1) is 14.7. The van der Waals surface area contributed by atoms with Gasteiger partial charge in [0.1, 0.15) is 17.6 Å². The van der Waals surface area contributed by atoms with E-state index in [0.717, 1.165) is 5.56 Å². The Bertz CT molecular complexity index is 1160. The van der Waals surface area contributed by atoms with Crippen molar-refractivity contribution in [3.05, 3.63) is 102 Å². The second-order valence-corrected chi connectivity index (χ2v) is 6.47. The number of halogens is 1. The Hall–Kier alpha value is -4.00. The van der Waals surface area contributed by atoms with Crippen LogP contribution in [0.1, 0.15) is 27.9 Å². The average Bonchev–Trinajstić information content (AvgIpc) is 3.28. The largest absolute Gasteiger partial charge is 0.497 e. The van der Waals surface area contributed by atoms with Crippen LogP contribution in [0, 0.1) is 5.82 Å². The summed E-state index contributed by atoms with van der Waals surface area (Å²) in [6.45, 7) is 0. The molecule has 0 saturated carbocycles. The van der Waals surface area contributed by atoms with Crippen molar-refractivity contribution in [3.8, 4) is 17.2 Å². The van der Waals surface area contributed by atoms with Crippen molar-refractivity contribution in [2.45, 2.75) is 6.04 Å². The van der Waals surface area contributed by atoms with E-state index in [1.165, 1.54) is 13.2 Å². The van der Waals surface area contributed by atoms with Crippen molar-refractivity contribution in [2.75, 3.05) is 7.11 Å². The Morgan fingerprint density at radius 2 is 1.77 bits per heavy atom. The predicted molar refractivity (Wildman–Crippen MR) is 108 cm³/mol. The molecule has 1 heterocycles. The Kier molecular flexibility index (Phi) is 5.52. The van der Waals surface area contributed by atoms with Crippen molar-refractivity contribution in [3.63, 3.8) is 0 Å². The van der Waals surface area contributed by atoms with Crippen LogP contribution in [0.5, 0.6) is 5.75 Å². The highest BCUT2D eigenvalue weighted by Crippen LogP contribution is 2.27. The maximum absolute atomic E-state index is 14.6. The van der Waals surface area contributed by atoms with Gasteiger partial charge in [-0.2, -0.15) is 0 Å². The second-order valence-electron chi connectivity index (χ2n) is 6.47. The highest BCUT2D eigenvalue weighted by Gasteiger charge is 2.26. The number of benzene rings is 3. The first-order valence-electron chi connectivity index (χ1n) is 9.24. The third-order valence-electron chi connectivity index (χ3n) is 4.53. The molecule has 150 valence electrons. The maximum atomic E-state index is 14.6. The van der Waals surface area contributed by atoms with Crippen molar-refractivity contribution >= 4 is 5.91 Å². The van der Waals surface area contributed by atoms with E-state index in [0.29, 0.717) is 11.3 Å². The summed E-state index contributed by atoms with van der Waals surface area (Å²) in [6.07, 6.45) is 0. The molecule has 3 aromatic carbocycles. The number of carbonyl (C=O) groups is 1. The minimum atomic E-state index is -0.963. The first-order valence-corrected chi connectivity index (χ1v) is 9.24. The number of rotatable bonds is 6. The number of amides is 1. The summed E-state index contributed by atoms with van der Waals surface area (Å²) in [4.78, 5) is 12.9. The van der Waals surface area contributed by atoms with Gasteiger partial charge >= 0.3 is 0 Å². The molecule has 0 radical (unpaired) electrons. The van der Waals surface area contributed by atoms with Crippen LogP contribution in [0.3, 0.4) is 0 Å². The standard InChI is InChI=1S/C23H18FN3O3/c1-29-17-11-7-10-16(14-17)21(28)25-20(18-12-5-6-13-19(18)24)23-27-26-22(30-23)15-8-3-2-4-9-15/h2-14,20H,1H3,(H,25,28)/t20-/m1/s1. The van der Waals surface area contributed by atoms with Gasteiger partial charge in [-0.3, -0.25) is 4.79 Å². The lowest BCUT2D eigenvalue weighted by molar-refractivity contribution is 0.0937. The maximum Gasteiger partial charge on any atom is 0.252 e. The van der Waals surface area contributed by atoms with Gasteiger partial charge in [0.2, 0.25) is 11.8 Å². The first kappa shape index (κ1) is 19.3. The SMILES string of the molecule is COc1cccc(C(=O)N[C@@H](c2nnc(-c3ccccc3)o2)c2ccccc2F)c1. The van der Waals surface area contributed by atoms with Crippen molar-refractivity contribution in [1.82, 2.24) is 15.5 Å². The van der Waals surface area contributed by atoms with E-state index in [-0.39, 0.29) is 17.3 Å². The van der Waals surface area contributed by atoms with Crippen LogP contribution in [-0.4, -0.2) is 23.2 Å². The van der Waals surface area contributed by atoms with Crippen LogP contribution in [-0.2, 0) is 0 Å². The van der Waals surface area contributed by atoms with E-state index in [4.69, 9.17) is 9.15 Å². The fourth-order valence-corrected chi connectivity index (χ4v) is 3.01. The molecule has 0 bridgehead atoms.